The van der Waals surface area contributed by atoms with E-state index in [0.29, 0.717) is 11.3 Å². The Labute approximate surface area is 179 Å². The van der Waals surface area contributed by atoms with Crippen LogP contribution in [0.3, 0.4) is 0 Å². The minimum atomic E-state index is -0.225. The van der Waals surface area contributed by atoms with E-state index in [1.54, 1.807) is 6.07 Å². The van der Waals surface area contributed by atoms with Crippen molar-refractivity contribution in [2.75, 3.05) is 10.6 Å². The van der Waals surface area contributed by atoms with Gasteiger partial charge >= 0.3 is 0 Å². The van der Waals surface area contributed by atoms with Gasteiger partial charge in [0.05, 0.1) is 10.1 Å². The van der Waals surface area contributed by atoms with Crippen LogP contribution in [0.25, 0.3) is 0 Å². The highest BCUT2D eigenvalue weighted by Gasteiger charge is 2.19. The molecule has 0 radical (unpaired) electrons. The second-order valence-corrected chi connectivity index (χ2v) is 8.95. The van der Waals surface area contributed by atoms with Gasteiger partial charge in [0.15, 0.2) is 0 Å². The van der Waals surface area contributed by atoms with Gasteiger partial charge in [-0.15, -0.1) is 23.1 Å². The third-order valence-corrected chi connectivity index (χ3v) is 6.73. The molecule has 3 rings (SSSR count). The molecular formula is C23H24N2O2S2. The lowest BCUT2D eigenvalue weighted by Gasteiger charge is -2.17. The fraction of sp³-hybridized carbons (Fsp3) is 0.217. The molecule has 1 unspecified atom stereocenters. The topological polar surface area (TPSA) is 58.2 Å². The number of anilines is 2. The van der Waals surface area contributed by atoms with Gasteiger partial charge in [-0.3, -0.25) is 9.59 Å². The Morgan fingerprint density at radius 2 is 1.72 bits per heavy atom. The van der Waals surface area contributed by atoms with Gasteiger partial charge in [0, 0.05) is 16.3 Å². The summed E-state index contributed by atoms with van der Waals surface area (Å²) in [5.74, 6) is -0.134. The summed E-state index contributed by atoms with van der Waals surface area (Å²) in [5, 5.41) is 7.66. The van der Waals surface area contributed by atoms with Crippen molar-refractivity contribution >= 4 is 46.3 Å². The van der Waals surface area contributed by atoms with E-state index in [9.17, 15) is 9.59 Å². The summed E-state index contributed by atoms with van der Waals surface area (Å²) in [4.78, 5) is 26.7. The highest BCUT2D eigenvalue weighted by Crippen LogP contribution is 2.29. The molecule has 1 heterocycles. The Kier molecular flexibility index (Phi) is 7.12. The highest BCUT2D eigenvalue weighted by atomic mass is 32.2. The van der Waals surface area contributed by atoms with Gasteiger partial charge in [-0.1, -0.05) is 37.3 Å². The maximum atomic E-state index is 12.9. The fourth-order valence-electron chi connectivity index (χ4n) is 2.95. The van der Waals surface area contributed by atoms with E-state index in [1.165, 1.54) is 23.1 Å². The molecule has 0 saturated carbocycles. The molecule has 3 aromatic rings. The van der Waals surface area contributed by atoms with E-state index in [4.69, 9.17) is 0 Å². The zero-order chi connectivity index (χ0) is 20.8. The van der Waals surface area contributed by atoms with Gasteiger partial charge in [-0.05, 0) is 61.0 Å². The molecule has 0 aliphatic carbocycles. The van der Waals surface area contributed by atoms with Crippen LogP contribution in [0.1, 0.15) is 34.1 Å². The van der Waals surface area contributed by atoms with Gasteiger partial charge in [0.25, 0.3) is 5.91 Å². The zero-order valence-electron chi connectivity index (χ0n) is 16.7. The summed E-state index contributed by atoms with van der Waals surface area (Å²) in [7, 11) is 0. The van der Waals surface area contributed by atoms with Crippen LogP contribution in [0, 0.1) is 13.8 Å². The lowest BCUT2D eigenvalue weighted by molar-refractivity contribution is -0.115. The van der Waals surface area contributed by atoms with Gasteiger partial charge < -0.3 is 10.6 Å². The van der Waals surface area contributed by atoms with Crippen LogP contribution in [-0.4, -0.2) is 17.1 Å². The van der Waals surface area contributed by atoms with Crippen molar-refractivity contribution in [2.45, 2.75) is 37.3 Å². The van der Waals surface area contributed by atoms with E-state index < -0.39 is 0 Å². The number of nitrogens with one attached hydrogen (secondary N) is 2. The van der Waals surface area contributed by atoms with Crippen LogP contribution in [0.15, 0.2) is 64.9 Å². The molecule has 4 nitrogen and oxygen atoms in total. The molecule has 0 saturated heterocycles. The van der Waals surface area contributed by atoms with Crippen molar-refractivity contribution in [3.05, 3.63) is 76.0 Å². The van der Waals surface area contributed by atoms with Gasteiger partial charge in [0.2, 0.25) is 5.91 Å². The predicted octanol–water partition coefficient (Wildman–Crippen LogP) is 6.13. The number of rotatable bonds is 7. The van der Waals surface area contributed by atoms with E-state index in [1.807, 2.05) is 74.7 Å². The highest BCUT2D eigenvalue weighted by molar-refractivity contribution is 8.00. The molecule has 2 aromatic carbocycles. The average molecular weight is 425 g/mol. The SMILES string of the molecule is CCC(Sc1cccc(NC(=O)c2cccs2)c1)C(=O)Nc1c(C)cccc1C. The second kappa shape index (κ2) is 9.76. The standard InChI is InChI=1S/C23H24N2O2S2/c1-4-19(22(26)25-21-15(2)8-5-9-16(21)3)29-18-11-6-10-17(14-18)24-23(27)20-12-7-13-28-20/h5-14,19H,4H2,1-3H3,(H,24,27)(H,25,26). The quantitative estimate of drug-likeness (QED) is 0.449. The minimum Gasteiger partial charge on any atom is -0.325 e. The monoisotopic (exact) mass is 424 g/mol. The number of para-hydroxylation sites is 1. The van der Waals surface area contributed by atoms with Crippen LogP contribution in [-0.2, 0) is 4.79 Å². The molecule has 1 aromatic heterocycles. The lowest BCUT2D eigenvalue weighted by atomic mass is 10.1. The number of benzene rings is 2. The Balaban J connectivity index is 1.69. The van der Waals surface area contributed by atoms with E-state index in [2.05, 4.69) is 10.6 Å². The number of carbonyl (C=O) groups is 2. The van der Waals surface area contributed by atoms with Crippen molar-refractivity contribution in [3.8, 4) is 0 Å². The van der Waals surface area contributed by atoms with Crippen molar-refractivity contribution in [1.29, 1.82) is 0 Å². The first kappa shape index (κ1) is 21.1. The largest absolute Gasteiger partial charge is 0.325 e. The fourth-order valence-corrected chi connectivity index (χ4v) is 4.58. The molecule has 0 spiro atoms. The maximum absolute atomic E-state index is 12.9. The molecule has 0 fully saturated rings. The lowest BCUT2D eigenvalue weighted by Crippen LogP contribution is -2.25. The minimum absolute atomic E-state index is 0.0112. The van der Waals surface area contributed by atoms with Crippen molar-refractivity contribution in [1.82, 2.24) is 0 Å². The Morgan fingerprint density at radius 1 is 1.00 bits per heavy atom. The molecule has 0 aliphatic rings. The normalized spacial score (nSPS) is 11.7. The zero-order valence-corrected chi connectivity index (χ0v) is 18.3. The number of thiophene rings is 1. The van der Waals surface area contributed by atoms with Crippen LogP contribution in [0.4, 0.5) is 11.4 Å². The summed E-state index contributed by atoms with van der Waals surface area (Å²) in [6.45, 7) is 6.00. The van der Waals surface area contributed by atoms with Gasteiger partial charge in [0.1, 0.15) is 0 Å². The first-order valence-corrected chi connectivity index (χ1v) is 11.2. The van der Waals surface area contributed by atoms with E-state index in [-0.39, 0.29) is 17.1 Å². The number of thioether (sulfide) groups is 1. The third-order valence-electron chi connectivity index (χ3n) is 4.51. The Hall–Kier alpha value is -2.57. The Morgan fingerprint density at radius 3 is 2.38 bits per heavy atom. The summed E-state index contributed by atoms with van der Waals surface area (Å²) in [6.07, 6.45) is 0.702. The van der Waals surface area contributed by atoms with E-state index in [0.717, 1.165) is 27.4 Å². The Bertz CT molecular complexity index is 980. The smallest absolute Gasteiger partial charge is 0.265 e. The van der Waals surface area contributed by atoms with Crippen LogP contribution in [0.5, 0.6) is 0 Å². The maximum Gasteiger partial charge on any atom is 0.265 e. The number of carbonyl (C=O) groups excluding carboxylic acids is 2. The third kappa shape index (κ3) is 5.49. The summed E-state index contributed by atoms with van der Waals surface area (Å²) in [5.41, 5.74) is 3.71. The molecule has 0 bridgehead atoms. The number of hydrogen-bond donors (Lipinski definition) is 2. The van der Waals surface area contributed by atoms with Crippen molar-refractivity contribution in [3.63, 3.8) is 0 Å². The molecule has 2 amide bonds. The number of hydrogen-bond acceptors (Lipinski definition) is 4. The second-order valence-electron chi connectivity index (χ2n) is 6.73. The van der Waals surface area contributed by atoms with Crippen molar-refractivity contribution < 1.29 is 9.59 Å². The molecule has 29 heavy (non-hydrogen) atoms. The van der Waals surface area contributed by atoms with Crippen molar-refractivity contribution in [2.24, 2.45) is 0 Å². The number of amides is 2. The first-order chi connectivity index (χ1) is 14.0. The summed E-state index contributed by atoms with van der Waals surface area (Å²) < 4.78 is 0. The van der Waals surface area contributed by atoms with Gasteiger partial charge in [-0.25, -0.2) is 0 Å². The van der Waals surface area contributed by atoms with Crippen LogP contribution in [0.2, 0.25) is 0 Å². The van der Waals surface area contributed by atoms with Gasteiger partial charge in [-0.2, -0.15) is 0 Å². The molecule has 1 atom stereocenters. The van der Waals surface area contributed by atoms with E-state index >= 15 is 0 Å². The summed E-state index contributed by atoms with van der Waals surface area (Å²) >= 11 is 2.91. The predicted molar refractivity (Wildman–Crippen MR) is 123 cm³/mol. The molecule has 0 aliphatic heterocycles. The first-order valence-electron chi connectivity index (χ1n) is 9.46. The number of aryl methyl sites for hydroxylation is 2. The average Bonchev–Trinajstić information content (AvgIpc) is 3.24. The van der Waals surface area contributed by atoms with Crippen LogP contribution < -0.4 is 10.6 Å². The molecule has 150 valence electrons. The summed E-state index contributed by atoms with van der Waals surface area (Å²) in [6, 6.07) is 17.2. The molecular weight excluding hydrogens is 400 g/mol. The molecule has 2 N–H and O–H groups in total. The molecule has 6 heteroatoms. The van der Waals surface area contributed by atoms with Crippen LogP contribution >= 0.6 is 23.1 Å².